The summed E-state index contributed by atoms with van der Waals surface area (Å²) in [4.78, 5) is 40.4. The highest BCUT2D eigenvalue weighted by molar-refractivity contribution is 5.95. The maximum absolute atomic E-state index is 12.6. The van der Waals surface area contributed by atoms with Gasteiger partial charge in [-0.2, -0.15) is 0 Å². The Balaban J connectivity index is 1.36. The number of oxazole rings is 1. The number of nitrogens with zero attached hydrogens (tertiary/aromatic N) is 1. The summed E-state index contributed by atoms with van der Waals surface area (Å²) >= 11 is 0. The molecule has 0 saturated carbocycles. The summed E-state index contributed by atoms with van der Waals surface area (Å²) in [6, 6.07) is 15.0. The Morgan fingerprint density at radius 3 is 2.31 bits per heavy atom. The van der Waals surface area contributed by atoms with Gasteiger partial charge in [0.15, 0.2) is 17.8 Å². The van der Waals surface area contributed by atoms with E-state index in [-0.39, 0.29) is 36.4 Å². The molecule has 2 atom stereocenters. The molecule has 3 N–H and O–H groups in total. The van der Waals surface area contributed by atoms with E-state index in [1.165, 1.54) is 0 Å². The number of benzene rings is 2. The van der Waals surface area contributed by atoms with Gasteiger partial charge in [-0.05, 0) is 28.2 Å². The van der Waals surface area contributed by atoms with Crippen molar-refractivity contribution in [3.05, 3.63) is 77.5 Å². The zero-order chi connectivity index (χ0) is 24.9. The van der Waals surface area contributed by atoms with Gasteiger partial charge in [-0.15, -0.1) is 0 Å². The third-order valence-electron chi connectivity index (χ3n) is 6.36. The first-order chi connectivity index (χ1) is 16.9. The Hall–Kier alpha value is -4.14. The average Bonchev–Trinajstić information content (AvgIpc) is 3.47. The molecular formula is C26H27N3O6. The predicted molar refractivity (Wildman–Crippen MR) is 127 cm³/mol. The topological polar surface area (TPSA) is 131 Å². The second-order valence-electron chi connectivity index (χ2n) is 8.48. The standard InChI is InChI=1S/C26H27N3O6/c1-3-15(2)22(25(31)32)29-24(30)23-21(35-14-28-23)12-27-26(33)34-13-20-18-10-6-4-8-16(18)17-9-5-7-11-19(17)20/h4-11,14-15,20,22H,3,12-13H2,1-2H3,(H,27,33)(H,29,30)(H,31,32)/t15-,22-/m0/s1. The summed E-state index contributed by atoms with van der Waals surface area (Å²) in [6.07, 6.45) is 0.979. The summed E-state index contributed by atoms with van der Waals surface area (Å²) in [7, 11) is 0. The van der Waals surface area contributed by atoms with Crippen LogP contribution in [0.5, 0.6) is 0 Å². The van der Waals surface area contributed by atoms with Gasteiger partial charge >= 0.3 is 12.1 Å². The van der Waals surface area contributed by atoms with Gasteiger partial charge in [-0.25, -0.2) is 14.6 Å². The highest BCUT2D eigenvalue weighted by atomic mass is 16.5. The van der Waals surface area contributed by atoms with E-state index < -0.39 is 24.0 Å². The van der Waals surface area contributed by atoms with E-state index in [1.54, 1.807) is 6.92 Å². The van der Waals surface area contributed by atoms with E-state index in [1.807, 2.05) is 43.3 Å². The number of hydrogen-bond donors (Lipinski definition) is 3. The van der Waals surface area contributed by atoms with Gasteiger partial charge in [0.05, 0.1) is 6.54 Å². The van der Waals surface area contributed by atoms with Crippen LogP contribution in [0.25, 0.3) is 11.1 Å². The number of hydrogen-bond acceptors (Lipinski definition) is 6. The summed E-state index contributed by atoms with van der Waals surface area (Å²) < 4.78 is 10.7. The number of rotatable bonds is 9. The monoisotopic (exact) mass is 477 g/mol. The average molecular weight is 478 g/mol. The quantitative estimate of drug-likeness (QED) is 0.425. The maximum atomic E-state index is 12.6. The summed E-state index contributed by atoms with van der Waals surface area (Å²) in [5, 5.41) is 14.5. The molecule has 9 heteroatoms. The fourth-order valence-corrected chi connectivity index (χ4v) is 4.28. The first-order valence-corrected chi connectivity index (χ1v) is 11.5. The normalized spacial score (nSPS) is 13.9. The van der Waals surface area contributed by atoms with Crippen molar-refractivity contribution in [1.29, 1.82) is 0 Å². The van der Waals surface area contributed by atoms with Gasteiger partial charge in [-0.1, -0.05) is 68.8 Å². The van der Waals surface area contributed by atoms with Crippen LogP contribution in [0, 0.1) is 5.92 Å². The Morgan fingerprint density at radius 1 is 1.09 bits per heavy atom. The zero-order valence-corrected chi connectivity index (χ0v) is 19.5. The minimum atomic E-state index is -1.13. The van der Waals surface area contributed by atoms with Crippen LogP contribution in [0.15, 0.2) is 59.3 Å². The fourth-order valence-electron chi connectivity index (χ4n) is 4.28. The first kappa shape index (κ1) is 24.0. The van der Waals surface area contributed by atoms with E-state index in [0.29, 0.717) is 6.42 Å². The zero-order valence-electron chi connectivity index (χ0n) is 19.5. The van der Waals surface area contributed by atoms with Crippen molar-refractivity contribution in [3.63, 3.8) is 0 Å². The SMILES string of the molecule is CC[C@H](C)[C@H](NC(=O)c1ncoc1CNC(=O)OCC1c2ccccc2-c2ccccc21)C(=O)O. The number of carbonyl (C=O) groups excluding carboxylic acids is 2. The molecule has 4 rings (SSSR count). The van der Waals surface area contributed by atoms with Crippen LogP contribution in [0.1, 0.15) is 53.6 Å². The van der Waals surface area contributed by atoms with Crippen molar-refractivity contribution in [1.82, 2.24) is 15.6 Å². The van der Waals surface area contributed by atoms with Gasteiger partial charge < -0.3 is 24.9 Å². The molecule has 182 valence electrons. The molecule has 1 aliphatic carbocycles. The van der Waals surface area contributed by atoms with Crippen molar-refractivity contribution in [2.24, 2.45) is 5.92 Å². The van der Waals surface area contributed by atoms with Crippen LogP contribution >= 0.6 is 0 Å². The van der Waals surface area contributed by atoms with Gasteiger partial charge in [0.1, 0.15) is 12.6 Å². The Bertz CT molecular complexity index is 1190. The molecule has 0 saturated heterocycles. The lowest BCUT2D eigenvalue weighted by molar-refractivity contribution is -0.140. The molecule has 0 radical (unpaired) electrons. The molecule has 0 bridgehead atoms. The number of alkyl carbamates (subject to hydrolysis) is 1. The number of aliphatic carboxylic acids is 1. The third kappa shape index (κ3) is 5.03. The fraction of sp³-hybridized carbons (Fsp3) is 0.308. The van der Waals surface area contributed by atoms with Crippen molar-refractivity contribution >= 4 is 18.0 Å². The second-order valence-corrected chi connectivity index (χ2v) is 8.48. The molecule has 1 aromatic heterocycles. The van der Waals surface area contributed by atoms with Crippen LogP contribution in [-0.2, 0) is 16.1 Å². The number of nitrogens with one attached hydrogen (secondary N) is 2. The molecule has 0 aliphatic heterocycles. The van der Waals surface area contributed by atoms with E-state index in [2.05, 4.69) is 27.8 Å². The molecule has 35 heavy (non-hydrogen) atoms. The molecular weight excluding hydrogens is 450 g/mol. The molecule has 1 heterocycles. The summed E-state index contributed by atoms with van der Waals surface area (Å²) in [6.45, 7) is 3.59. The van der Waals surface area contributed by atoms with Crippen molar-refractivity contribution in [2.45, 2.75) is 38.8 Å². The Kier molecular flexibility index (Phi) is 7.14. The number of ether oxygens (including phenoxy) is 1. The van der Waals surface area contributed by atoms with Crippen molar-refractivity contribution in [2.75, 3.05) is 6.61 Å². The van der Waals surface area contributed by atoms with Gasteiger partial charge in [0.25, 0.3) is 5.91 Å². The number of carboxylic acids is 1. The van der Waals surface area contributed by atoms with Crippen molar-refractivity contribution < 1.29 is 28.6 Å². The predicted octanol–water partition coefficient (Wildman–Crippen LogP) is 3.94. The number of amides is 2. The third-order valence-corrected chi connectivity index (χ3v) is 6.36. The molecule has 0 fully saturated rings. The van der Waals surface area contributed by atoms with Crippen molar-refractivity contribution in [3.8, 4) is 11.1 Å². The lowest BCUT2D eigenvalue weighted by Crippen LogP contribution is -2.45. The molecule has 1 aliphatic rings. The minimum absolute atomic E-state index is 0.0757. The molecule has 9 nitrogen and oxygen atoms in total. The second kappa shape index (κ2) is 10.4. The Labute approximate surface area is 202 Å². The van der Waals surface area contributed by atoms with Crippen LogP contribution in [0.3, 0.4) is 0 Å². The molecule has 0 spiro atoms. The lowest BCUT2D eigenvalue weighted by atomic mass is 9.98. The minimum Gasteiger partial charge on any atom is -0.480 e. The van der Waals surface area contributed by atoms with E-state index in [9.17, 15) is 19.5 Å². The van der Waals surface area contributed by atoms with Gasteiger partial charge in [0, 0.05) is 5.92 Å². The highest BCUT2D eigenvalue weighted by Crippen LogP contribution is 2.44. The molecule has 2 aromatic carbocycles. The summed E-state index contributed by atoms with van der Waals surface area (Å²) in [5.41, 5.74) is 4.38. The van der Waals surface area contributed by atoms with Crippen LogP contribution in [-0.4, -0.2) is 40.7 Å². The lowest BCUT2D eigenvalue weighted by Gasteiger charge is -2.19. The number of fused-ring (bicyclic) bond motifs is 3. The molecule has 0 unspecified atom stereocenters. The molecule has 2 amide bonds. The highest BCUT2D eigenvalue weighted by Gasteiger charge is 2.30. The largest absolute Gasteiger partial charge is 0.480 e. The van der Waals surface area contributed by atoms with Gasteiger partial charge in [0.2, 0.25) is 0 Å². The van der Waals surface area contributed by atoms with Gasteiger partial charge in [-0.3, -0.25) is 4.79 Å². The van der Waals surface area contributed by atoms with Crippen LogP contribution < -0.4 is 10.6 Å². The number of carbonyl (C=O) groups is 3. The maximum Gasteiger partial charge on any atom is 0.407 e. The first-order valence-electron chi connectivity index (χ1n) is 11.5. The molecule has 3 aromatic rings. The number of aromatic nitrogens is 1. The Morgan fingerprint density at radius 2 is 1.71 bits per heavy atom. The van der Waals surface area contributed by atoms with E-state index >= 15 is 0 Å². The van der Waals surface area contributed by atoms with E-state index in [4.69, 9.17) is 9.15 Å². The number of carboxylic acid groups (broad SMARTS) is 1. The van der Waals surface area contributed by atoms with E-state index in [0.717, 1.165) is 28.6 Å². The smallest absolute Gasteiger partial charge is 0.407 e. The summed E-state index contributed by atoms with van der Waals surface area (Å²) in [5.74, 6) is -2.06. The van der Waals surface area contributed by atoms with Crippen LogP contribution in [0.2, 0.25) is 0 Å². The van der Waals surface area contributed by atoms with Crippen LogP contribution in [0.4, 0.5) is 4.79 Å².